The molecule has 10 amide bonds. The van der Waals surface area contributed by atoms with Crippen LogP contribution < -0.4 is 42.5 Å². The van der Waals surface area contributed by atoms with Crippen molar-refractivity contribution in [2.45, 2.75) is 207 Å². The fourth-order valence-corrected chi connectivity index (χ4v) is 12.6. The van der Waals surface area contributed by atoms with Gasteiger partial charge in [-0.3, -0.25) is 47.9 Å². The van der Waals surface area contributed by atoms with Crippen molar-refractivity contribution >= 4 is 105 Å². The van der Waals surface area contributed by atoms with E-state index in [0.717, 1.165) is 77.0 Å². The summed E-state index contributed by atoms with van der Waals surface area (Å²) in [5.74, 6) is -3.67. The third-order valence-corrected chi connectivity index (χ3v) is 18.7. The molecular formula is C88H112N10O10. The van der Waals surface area contributed by atoms with E-state index in [0.29, 0.717) is 71.7 Å². The van der Waals surface area contributed by atoms with Crippen LogP contribution in [0.4, 0.5) is 45.5 Å². The van der Waals surface area contributed by atoms with Crippen LogP contribution in [0, 0.1) is 0 Å². The van der Waals surface area contributed by atoms with Crippen LogP contribution in [0.2, 0.25) is 0 Å². The molecule has 7 aromatic carbocycles. The molecule has 20 nitrogen and oxygen atoms in total. The summed E-state index contributed by atoms with van der Waals surface area (Å²) in [6.07, 6.45) is 27.4. The van der Waals surface area contributed by atoms with E-state index in [4.69, 9.17) is 0 Å². The molecule has 0 aromatic heterocycles. The standard InChI is InChI=1S/C88H112N10O10/c1-5-9-13-17-21-25-54-97(55-26-22-18-14-10-6-2)81(101)52-50-79(99)89-71-42-30-38-67(59-71)85(105)91-73-44-32-40-69(61-73)87(107)95-77-48-34-46-75(63-77)93-83(103)65-36-29-37-66(58-65)84(104)94-76-47-35-49-78(64-76)96-88(108)70-41-33-45-74(62-70)92-86(106)68-39-31-43-72(60-68)90-80(100)51-53-82(102)98(56-27-23-19-15-11-7-3)57-28-24-20-16-12-8-4/h29-49,58-64H,5-28,50-57H2,1-4H3,(H,89,99)(H,90,100)(H,91,105)(H,92,106)(H,93,103)(H,94,104)(H,95,107)(H,96,108). The van der Waals surface area contributed by atoms with E-state index >= 15 is 0 Å². The second kappa shape index (κ2) is 47.7. The van der Waals surface area contributed by atoms with Gasteiger partial charge < -0.3 is 52.3 Å². The van der Waals surface area contributed by atoms with Crippen molar-refractivity contribution in [3.8, 4) is 0 Å². The number of nitrogens with zero attached hydrogens (tertiary/aromatic N) is 2. The summed E-state index contributed by atoms with van der Waals surface area (Å²) in [4.78, 5) is 139. The predicted molar refractivity (Wildman–Crippen MR) is 435 cm³/mol. The van der Waals surface area contributed by atoms with Gasteiger partial charge >= 0.3 is 0 Å². The Morgan fingerprint density at radius 1 is 0.222 bits per heavy atom. The van der Waals surface area contributed by atoms with Crippen molar-refractivity contribution in [3.05, 3.63) is 203 Å². The molecule has 0 aliphatic rings. The number of amides is 10. The zero-order chi connectivity index (χ0) is 77.1. The highest BCUT2D eigenvalue weighted by Crippen LogP contribution is 2.25. The molecule has 0 aliphatic carbocycles. The number of carbonyl (C=O) groups excluding carboxylic acids is 10. The number of anilines is 8. The SMILES string of the molecule is CCCCCCCCN(CCCCCCCC)C(=O)CCC(=O)Nc1cccc(C(=O)Nc2cccc(C(=O)Nc3cccc(NC(=O)c4cccc(C(=O)Nc5cccc(NC(=O)c6cccc(NC(=O)c7cccc(NC(=O)CCC(=O)N(CCCCCCCC)CCCCCCCC)c7)c6)c5)c4)c3)c2)c1. The van der Waals surface area contributed by atoms with E-state index in [1.54, 1.807) is 152 Å². The molecule has 20 heteroatoms. The molecule has 0 unspecified atom stereocenters. The van der Waals surface area contributed by atoms with Crippen molar-refractivity contribution < 1.29 is 47.9 Å². The Kier molecular flexibility index (Phi) is 37.3. The lowest BCUT2D eigenvalue weighted by atomic mass is 10.1. The third kappa shape index (κ3) is 31.0. The van der Waals surface area contributed by atoms with Crippen LogP contribution in [0.25, 0.3) is 0 Å². The second-order valence-electron chi connectivity index (χ2n) is 27.7. The largest absolute Gasteiger partial charge is 0.343 e. The first kappa shape index (κ1) is 84.5. The van der Waals surface area contributed by atoms with Gasteiger partial charge in [0.15, 0.2) is 0 Å². The van der Waals surface area contributed by atoms with E-state index < -0.39 is 35.4 Å². The molecule has 0 spiro atoms. The highest BCUT2D eigenvalue weighted by molar-refractivity contribution is 6.12. The van der Waals surface area contributed by atoms with E-state index in [9.17, 15) is 47.9 Å². The summed E-state index contributed by atoms with van der Waals surface area (Å²) < 4.78 is 0. The van der Waals surface area contributed by atoms with Crippen LogP contribution in [0.1, 0.15) is 270 Å². The van der Waals surface area contributed by atoms with E-state index in [2.05, 4.69) is 70.2 Å². The Balaban J connectivity index is 0.849. The van der Waals surface area contributed by atoms with Crippen LogP contribution in [0.15, 0.2) is 170 Å². The number of nitrogens with one attached hydrogen (secondary N) is 8. The van der Waals surface area contributed by atoms with E-state index in [-0.39, 0.29) is 82.7 Å². The van der Waals surface area contributed by atoms with Gasteiger partial charge in [0, 0.05) is 131 Å². The Morgan fingerprint density at radius 3 is 0.667 bits per heavy atom. The van der Waals surface area contributed by atoms with Crippen molar-refractivity contribution in [2.75, 3.05) is 68.7 Å². The fourth-order valence-electron chi connectivity index (χ4n) is 12.6. The number of rotatable bonds is 48. The smallest absolute Gasteiger partial charge is 0.255 e. The van der Waals surface area contributed by atoms with E-state index in [1.807, 2.05) is 9.80 Å². The maximum atomic E-state index is 13.7. The quantitative estimate of drug-likeness (QED) is 0.0167. The maximum Gasteiger partial charge on any atom is 0.255 e. The third-order valence-electron chi connectivity index (χ3n) is 18.7. The molecule has 0 atom stereocenters. The summed E-state index contributed by atoms with van der Waals surface area (Å²) in [6.45, 7) is 11.6. The first-order valence-corrected chi connectivity index (χ1v) is 39.2. The zero-order valence-corrected chi connectivity index (χ0v) is 63.8. The molecule has 0 aliphatic heterocycles. The maximum absolute atomic E-state index is 13.7. The Morgan fingerprint density at radius 2 is 0.417 bits per heavy atom. The molecule has 108 heavy (non-hydrogen) atoms. The molecule has 8 N–H and O–H groups in total. The van der Waals surface area contributed by atoms with Crippen molar-refractivity contribution in [1.29, 1.82) is 0 Å². The topological polar surface area (TPSA) is 273 Å². The van der Waals surface area contributed by atoms with Crippen molar-refractivity contribution in [2.24, 2.45) is 0 Å². The van der Waals surface area contributed by atoms with Gasteiger partial charge in [0.05, 0.1) is 0 Å². The molecule has 7 rings (SSSR count). The van der Waals surface area contributed by atoms with Crippen LogP contribution in [-0.4, -0.2) is 95.1 Å². The van der Waals surface area contributed by atoms with Gasteiger partial charge in [-0.2, -0.15) is 0 Å². The predicted octanol–water partition coefficient (Wildman–Crippen LogP) is 19.7. The summed E-state index contributed by atoms with van der Waals surface area (Å²) in [7, 11) is 0. The average molecular weight is 1470 g/mol. The van der Waals surface area contributed by atoms with Gasteiger partial charge in [0.1, 0.15) is 0 Å². The number of hydrogen-bond donors (Lipinski definition) is 8. The lowest BCUT2D eigenvalue weighted by Gasteiger charge is -2.23. The highest BCUT2D eigenvalue weighted by atomic mass is 16.2. The molecule has 0 radical (unpaired) electrons. The van der Waals surface area contributed by atoms with Crippen LogP contribution in [-0.2, 0) is 19.2 Å². The number of benzene rings is 7. The molecule has 0 saturated heterocycles. The molecule has 574 valence electrons. The lowest BCUT2D eigenvalue weighted by molar-refractivity contribution is -0.133. The van der Waals surface area contributed by atoms with Gasteiger partial charge in [-0.25, -0.2) is 0 Å². The first-order chi connectivity index (χ1) is 52.5. The van der Waals surface area contributed by atoms with Gasteiger partial charge in [0.2, 0.25) is 23.6 Å². The molecule has 0 fully saturated rings. The van der Waals surface area contributed by atoms with Crippen molar-refractivity contribution in [1.82, 2.24) is 9.80 Å². The minimum Gasteiger partial charge on any atom is -0.343 e. The Labute approximate surface area is 638 Å². The normalized spacial score (nSPS) is 10.9. The van der Waals surface area contributed by atoms with Gasteiger partial charge in [-0.1, -0.05) is 199 Å². The van der Waals surface area contributed by atoms with Gasteiger partial charge in [-0.05, 0) is 153 Å². The highest BCUT2D eigenvalue weighted by Gasteiger charge is 2.21. The molecule has 0 saturated carbocycles. The summed E-state index contributed by atoms with van der Waals surface area (Å²) in [6, 6.07) is 44.9. The minimum atomic E-state index is -0.528. The average Bonchev–Trinajstić information content (AvgIpc) is 0.845. The first-order valence-electron chi connectivity index (χ1n) is 39.2. The Hall–Kier alpha value is -10.8. The molecular weight excluding hydrogens is 1360 g/mol. The summed E-state index contributed by atoms with van der Waals surface area (Å²) in [5, 5.41) is 22.7. The zero-order valence-electron chi connectivity index (χ0n) is 63.8. The minimum absolute atomic E-state index is 0.0136. The number of carbonyl (C=O) groups is 10. The number of hydrogen-bond acceptors (Lipinski definition) is 10. The summed E-state index contributed by atoms with van der Waals surface area (Å²) >= 11 is 0. The molecule has 0 heterocycles. The van der Waals surface area contributed by atoms with Crippen LogP contribution in [0.3, 0.4) is 0 Å². The molecule has 0 bridgehead atoms. The summed E-state index contributed by atoms with van der Waals surface area (Å²) in [5.41, 5.74) is 4.28. The molecule has 7 aromatic rings. The van der Waals surface area contributed by atoms with Crippen molar-refractivity contribution in [3.63, 3.8) is 0 Å². The monoisotopic (exact) mass is 1470 g/mol. The Bertz CT molecular complexity index is 3790. The second-order valence-corrected chi connectivity index (χ2v) is 27.7. The lowest BCUT2D eigenvalue weighted by Crippen LogP contribution is -2.33. The fraction of sp³-hybridized carbons (Fsp3) is 0.409. The van der Waals surface area contributed by atoms with Crippen LogP contribution >= 0.6 is 0 Å². The van der Waals surface area contributed by atoms with Gasteiger partial charge in [-0.15, -0.1) is 0 Å². The van der Waals surface area contributed by atoms with Crippen LogP contribution in [0.5, 0.6) is 0 Å². The number of unbranched alkanes of at least 4 members (excludes halogenated alkanes) is 20. The van der Waals surface area contributed by atoms with Gasteiger partial charge in [0.25, 0.3) is 35.4 Å². The van der Waals surface area contributed by atoms with E-state index in [1.165, 1.54) is 95.2 Å².